The van der Waals surface area contributed by atoms with E-state index in [1.165, 1.54) is 0 Å². The molecule has 13 heavy (non-hydrogen) atoms. The molecule has 0 aliphatic heterocycles. The zero-order chi connectivity index (χ0) is 10.4. The van der Waals surface area contributed by atoms with Crippen LogP contribution in [0.2, 0.25) is 0 Å². The van der Waals surface area contributed by atoms with E-state index in [2.05, 4.69) is 10.5 Å². The Bertz CT molecular complexity index is 197. The maximum atomic E-state index is 6.84. The lowest BCUT2D eigenvalue weighted by Gasteiger charge is -2.16. The van der Waals surface area contributed by atoms with Crippen LogP contribution in [0.15, 0.2) is 4.99 Å². The number of hydroxylamine groups is 1. The molecule has 8 N–H and O–H groups in total. The third kappa shape index (κ3) is 5.74. The van der Waals surface area contributed by atoms with Crippen LogP contribution >= 0.6 is 0 Å². The monoisotopic (exact) mass is 188 g/mol. The molecule has 0 saturated heterocycles. The van der Waals surface area contributed by atoms with Gasteiger partial charge in [0.15, 0.2) is 12.2 Å². The van der Waals surface area contributed by atoms with Crippen LogP contribution in [0.3, 0.4) is 0 Å². The lowest BCUT2D eigenvalue weighted by molar-refractivity contribution is -0.0120. The van der Waals surface area contributed by atoms with E-state index in [-0.39, 0.29) is 17.8 Å². The highest BCUT2D eigenvalue weighted by Crippen LogP contribution is 2.05. The highest BCUT2D eigenvalue weighted by Gasteiger charge is 2.13. The summed E-state index contributed by atoms with van der Waals surface area (Å²) < 4.78 is 0. The second kappa shape index (κ2) is 5.20. The molecule has 7 nitrogen and oxygen atoms in total. The Kier molecular flexibility index (Phi) is 4.60. The summed E-state index contributed by atoms with van der Waals surface area (Å²) in [6.45, 7) is 3.75. The molecule has 0 bridgehead atoms. The summed E-state index contributed by atoms with van der Waals surface area (Å²) in [5.41, 5.74) is 17.5. The first kappa shape index (κ1) is 11.5. The second-order valence-corrected chi connectivity index (χ2v) is 2.82. The van der Waals surface area contributed by atoms with Gasteiger partial charge in [0.1, 0.15) is 0 Å². The van der Waals surface area contributed by atoms with Crippen LogP contribution in [0.4, 0.5) is 0 Å². The molecule has 0 amide bonds. The third-order valence-electron chi connectivity index (χ3n) is 1.14. The molecule has 0 heterocycles. The number of nitrogens with two attached hydrogens (primary N) is 3. The van der Waals surface area contributed by atoms with E-state index in [9.17, 15) is 0 Å². The van der Waals surface area contributed by atoms with E-state index in [4.69, 9.17) is 27.4 Å². The van der Waals surface area contributed by atoms with Crippen molar-refractivity contribution >= 4 is 11.9 Å². The Balaban J connectivity index is 4.11. The molecule has 1 atom stereocenters. The number of nitrogens with zero attached hydrogens (tertiary/aromatic N) is 1. The minimum absolute atomic E-state index is 0.0657. The normalized spacial score (nSPS) is 12.2. The van der Waals surface area contributed by atoms with Gasteiger partial charge >= 0.3 is 0 Å². The van der Waals surface area contributed by atoms with Gasteiger partial charge in [-0.05, 0) is 0 Å². The van der Waals surface area contributed by atoms with E-state index in [1.807, 2.05) is 13.8 Å². The number of hydrogen-bond acceptors (Lipinski definition) is 3. The van der Waals surface area contributed by atoms with Crippen molar-refractivity contribution < 1.29 is 4.84 Å². The maximum absolute atomic E-state index is 6.84. The van der Waals surface area contributed by atoms with Crippen molar-refractivity contribution in [2.24, 2.45) is 28.1 Å². The summed E-state index contributed by atoms with van der Waals surface area (Å²) in [5, 5.41) is 6.84. The van der Waals surface area contributed by atoms with Crippen LogP contribution < -0.4 is 22.7 Å². The fraction of sp³-hybridized carbons (Fsp3) is 0.667. The molecule has 0 saturated carbocycles. The second-order valence-electron chi connectivity index (χ2n) is 2.82. The summed E-state index contributed by atoms with van der Waals surface area (Å²) in [5.74, 6) is -0.283. The van der Waals surface area contributed by atoms with Crippen LogP contribution in [-0.2, 0) is 4.84 Å². The average Bonchev–Trinajstić information content (AvgIpc) is 1.96. The standard InChI is InChI=1S/C6H16N6O/c1-3(2)4(11-5(7)8)13-12-6(9)10/h3-4H,1-2H3,(H4,7,8,11)(H4,9,10,12). The lowest BCUT2D eigenvalue weighted by Crippen LogP contribution is -2.37. The summed E-state index contributed by atoms with van der Waals surface area (Å²) in [4.78, 5) is 8.71. The van der Waals surface area contributed by atoms with Gasteiger partial charge in [0.2, 0.25) is 5.96 Å². The Morgan fingerprint density at radius 2 is 1.92 bits per heavy atom. The molecule has 0 aromatic rings. The molecule has 76 valence electrons. The Morgan fingerprint density at radius 3 is 2.23 bits per heavy atom. The van der Waals surface area contributed by atoms with Crippen LogP contribution in [0.5, 0.6) is 0 Å². The minimum atomic E-state index is -0.547. The zero-order valence-corrected chi connectivity index (χ0v) is 7.74. The average molecular weight is 188 g/mol. The Labute approximate surface area is 76.8 Å². The van der Waals surface area contributed by atoms with Crippen molar-refractivity contribution in [2.45, 2.75) is 20.1 Å². The predicted molar refractivity (Wildman–Crippen MR) is 50.6 cm³/mol. The van der Waals surface area contributed by atoms with Crippen LogP contribution in [0, 0.1) is 11.3 Å². The summed E-state index contributed by atoms with van der Waals surface area (Å²) in [6, 6.07) is 0. The van der Waals surface area contributed by atoms with E-state index in [1.54, 1.807) is 0 Å². The van der Waals surface area contributed by atoms with Crippen molar-refractivity contribution in [3.63, 3.8) is 0 Å². The molecule has 0 spiro atoms. The summed E-state index contributed by atoms with van der Waals surface area (Å²) in [6.07, 6.45) is -0.547. The Morgan fingerprint density at radius 1 is 1.38 bits per heavy atom. The molecule has 0 aliphatic carbocycles. The van der Waals surface area contributed by atoms with Crippen LogP contribution in [0.1, 0.15) is 13.8 Å². The zero-order valence-electron chi connectivity index (χ0n) is 7.74. The number of hydrogen-bond donors (Lipinski definition) is 5. The van der Waals surface area contributed by atoms with Gasteiger partial charge in [-0.3, -0.25) is 5.41 Å². The van der Waals surface area contributed by atoms with Gasteiger partial charge in [0.25, 0.3) is 0 Å². The molecule has 0 fully saturated rings. The fourth-order valence-corrected chi connectivity index (χ4v) is 0.582. The van der Waals surface area contributed by atoms with Gasteiger partial charge in [-0.2, -0.15) is 0 Å². The number of rotatable bonds is 4. The first-order valence-corrected chi connectivity index (χ1v) is 3.78. The number of aliphatic imine (C=N–C) groups is 1. The van der Waals surface area contributed by atoms with Gasteiger partial charge in [0, 0.05) is 5.92 Å². The van der Waals surface area contributed by atoms with Crippen molar-refractivity contribution in [1.29, 1.82) is 5.41 Å². The molecule has 0 aromatic heterocycles. The quantitative estimate of drug-likeness (QED) is 0.211. The molecule has 0 rings (SSSR count). The Hall–Kier alpha value is -1.50. The molecule has 0 radical (unpaired) electrons. The lowest BCUT2D eigenvalue weighted by atomic mass is 10.2. The van der Waals surface area contributed by atoms with Crippen molar-refractivity contribution in [2.75, 3.05) is 0 Å². The van der Waals surface area contributed by atoms with Crippen molar-refractivity contribution in [1.82, 2.24) is 5.48 Å². The number of guanidine groups is 2. The highest BCUT2D eigenvalue weighted by atomic mass is 16.7. The molecular weight excluding hydrogens is 172 g/mol. The minimum Gasteiger partial charge on any atom is -0.370 e. The SMILES string of the molecule is CC(C)C(N=C(N)N)ONC(=N)N. The first-order chi connectivity index (χ1) is 5.93. The van der Waals surface area contributed by atoms with Crippen LogP contribution in [0.25, 0.3) is 0 Å². The fourth-order valence-electron chi connectivity index (χ4n) is 0.582. The molecule has 0 aliphatic rings. The van der Waals surface area contributed by atoms with Crippen LogP contribution in [-0.4, -0.2) is 18.1 Å². The topological polar surface area (TPSA) is 136 Å². The van der Waals surface area contributed by atoms with Gasteiger partial charge in [0.05, 0.1) is 0 Å². The van der Waals surface area contributed by atoms with Gasteiger partial charge < -0.3 is 17.2 Å². The largest absolute Gasteiger partial charge is 0.370 e. The van der Waals surface area contributed by atoms with Crippen molar-refractivity contribution in [3.8, 4) is 0 Å². The van der Waals surface area contributed by atoms with E-state index >= 15 is 0 Å². The summed E-state index contributed by atoms with van der Waals surface area (Å²) >= 11 is 0. The van der Waals surface area contributed by atoms with Gasteiger partial charge in [-0.15, -0.1) is 0 Å². The molecule has 0 aromatic carbocycles. The molecule has 7 heteroatoms. The van der Waals surface area contributed by atoms with Gasteiger partial charge in [-0.1, -0.05) is 13.8 Å². The molecule has 1 unspecified atom stereocenters. The predicted octanol–water partition coefficient (Wildman–Crippen LogP) is -1.34. The van der Waals surface area contributed by atoms with Crippen molar-refractivity contribution in [3.05, 3.63) is 0 Å². The van der Waals surface area contributed by atoms with E-state index in [0.717, 1.165) is 0 Å². The van der Waals surface area contributed by atoms with Gasteiger partial charge in [-0.25, -0.2) is 15.3 Å². The molecular formula is C6H16N6O. The van der Waals surface area contributed by atoms with E-state index in [0.29, 0.717) is 0 Å². The summed E-state index contributed by atoms with van der Waals surface area (Å²) in [7, 11) is 0. The smallest absolute Gasteiger partial charge is 0.210 e. The third-order valence-corrected chi connectivity index (χ3v) is 1.14. The number of nitrogens with one attached hydrogen (secondary N) is 2. The van der Waals surface area contributed by atoms with E-state index < -0.39 is 6.23 Å². The highest BCUT2D eigenvalue weighted by molar-refractivity contribution is 5.75. The first-order valence-electron chi connectivity index (χ1n) is 3.78. The maximum Gasteiger partial charge on any atom is 0.210 e.